The van der Waals surface area contributed by atoms with Crippen LogP contribution in [0.1, 0.15) is 6.23 Å². The normalized spacial score (nSPS) is 28.4. The van der Waals surface area contributed by atoms with E-state index in [1.165, 1.54) is 11.8 Å². The number of anilines is 1. The van der Waals surface area contributed by atoms with E-state index in [2.05, 4.69) is 15.1 Å². The first-order valence-electron chi connectivity index (χ1n) is 6.35. The number of hydrogen-bond acceptors (Lipinski definition) is 9. The Balaban J connectivity index is 2.14. The van der Waals surface area contributed by atoms with Crippen LogP contribution >= 0.6 is 22.6 Å². The number of nitrogens with zero attached hydrogens (tertiary/aromatic N) is 4. The zero-order valence-corrected chi connectivity index (χ0v) is 13.6. The number of nitrogen functional groups attached to an aromatic ring is 1. The molecule has 4 unspecified atom stereocenters. The van der Waals surface area contributed by atoms with Gasteiger partial charge in [-0.1, -0.05) is 0 Å². The Hall–Kier alpha value is -1.28. The standard InChI is InChI=1S/C11H14IN5O5/c1-21-9-4-7(12)16-17(8(4)14-11(13)15-9)10-6(20)5(19)3(2-18)22-10/h3,5-6,10,18-20H,2H2,1H3,(H2,13,14,15). The first kappa shape index (κ1) is 15.6. The summed E-state index contributed by atoms with van der Waals surface area (Å²) in [6.07, 6.45) is -4.40. The number of aliphatic hydroxyl groups excluding tert-OH is 3. The van der Waals surface area contributed by atoms with Gasteiger partial charge in [-0.2, -0.15) is 15.1 Å². The molecule has 3 rings (SSSR count). The lowest BCUT2D eigenvalue weighted by molar-refractivity contribution is -0.0568. The van der Waals surface area contributed by atoms with Crippen LogP contribution in [0.25, 0.3) is 11.0 Å². The fourth-order valence-electron chi connectivity index (χ4n) is 2.39. The highest BCUT2D eigenvalue weighted by molar-refractivity contribution is 14.1. The van der Waals surface area contributed by atoms with E-state index in [4.69, 9.17) is 15.2 Å². The van der Waals surface area contributed by atoms with Gasteiger partial charge in [-0.05, 0) is 22.6 Å². The van der Waals surface area contributed by atoms with E-state index in [1.807, 2.05) is 22.6 Å². The molecule has 2 aromatic rings. The lowest BCUT2D eigenvalue weighted by atomic mass is 10.1. The molecule has 22 heavy (non-hydrogen) atoms. The molecule has 0 aliphatic carbocycles. The summed E-state index contributed by atoms with van der Waals surface area (Å²) in [4.78, 5) is 8.09. The van der Waals surface area contributed by atoms with Crippen molar-refractivity contribution in [3.8, 4) is 5.88 Å². The van der Waals surface area contributed by atoms with Crippen LogP contribution in [0.3, 0.4) is 0 Å². The molecular formula is C11H14IN5O5. The van der Waals surface area contributed by atoms with Crippen LogP contribution < -0.4 is 10.5 Å². The smallest absolute Gasteiger partial charge is 0.230 e. The summed E-state index contributed by atoms with van der Waals surface area (Å²) >= 11 is 1.97. The summed E-state index contributed by atoms with van der Waals surface area (Å²) in [6, 6.07) is 0. The molecule has 0 radical (unpaired) electrons. The number of methoxy groups -OCH3 is 1. The topological polar surface area (TPSA) is 149 Å². The molecule has 0 spiro atoms. The molecule has 3 heterocycles. The van der Waals surface area contributed by atoms with Crippen LogP contribution in [-0.4, -0.2) is 67.1 Å². The highest BCUT2D eigenvalue weighted by atomic mass is 127. The molecular weight excluding hydrogens is 409 g/mol. The first-order chi connectivity index (χ1) is 10.5. The second-order valence-electron chi connectivity index (χ2n) is 4.75. The zero-order chi connectivity index (χ0) is 16.0. The molecule has 5 N–H and O–H groups in total. The van der Waals surface area contributed by atoms with E-state index < -0.39 is 31.1 Å². The molecule has 1 aliphatic heterocycles. The number of nitrogens with two attached hydrogens (primary N) is 1. The minimum absolute atomic E-state index is 0.0198. The molecule has 11 heteroatoms. The van der Waals surface area contributed by atoms with Gasteiger partial charge in [0.15, 0.2) is 11.9 Å². The molecule has 4 atom stereocenters. The fourth-order valence-corrected chi connectivity index (χ4v) is 3.09. The lowest BCUT2D eigenvalue weighted by Gasteiger charge is -2.15. The van der Waals surface area contributed by atoms with Gasteiger partial charge >= 0.3 is 0 Å². The van der Waals surface area contributed by atoms with Gasteiger partial charge in [0, 0.05) is 0 Å². The van der Waals surface area contributed by atoms with Crippen molar-refractivity contribution in [2.45, 2.75) is 24.5 Å². The monoisotopic (exact) mass is 423 g/mol. The quantitative estimate of drug-likeness (QED) is 0.439. The number of halogens is 1. The van der Waals surface area contributed by atoms with E-state index in [0.29, 0.717) is 14.7 Å². The van der Waals surface area contributed by atoms with E-state index in [0.717, 1.165) is 0 Å². The second-order valence-corrected chi connectivity index (χ2v) is 5.78. The van der Waals surface area contributed by atoms with Crippen LogP contribution in [0.4, 0.5) is 5.95 Å². The van der Waals surface area contributed by atoms with Crippen molar-refractivity contribution in [1.29, 1.82) is 0 Å². The second kappa shape index (κ2) is 5.73. The Bertz CT molecular complexity index is 710. The van der Waals surface area contributed by atoms with E-state index in [-0.39, 0.29) is 11.8 Å². The van der Waals surface area contributed by atoms with Crippen LogP contribution in [-0.2, 0) is 4.74 Å². The van der Waals surface area contributed by atoms with Crippen molar-refractivity contribution in [3.05, 3.63) is 3.70 Å². The van der Waals surface area contributed by atoms with Gasteiger partial charge in [0.25, 0.3) is 0 Å². The molecule has 0 amide bonds. The minimum Gasteiger partial charge on any atom is -0.480 e. The molecule has 0 aromatic carbocycles. The van der Waals surface area contributed by atoms with Crippen molar-refractivity contribution >= 4 is 39.6 Å². The maximum Gasteiger partial charge on any atom is 0.230 e. The van der Waals surface area contributed by atoms with Crippen molar-refractivity contribution in [2.75, 3.05) is 19.5 Å². The number of hydrogen-bond donors (Lipinski definition) is 4. The van der Waals surface area contributed by atoms with Gasteiger partial charge in [0.2, 0.25) is 11.8 Å². The van der Waals surface area contributed by atoms with Gasteiger partial charge in [-0.3, -0.25) is 0 Å². The summed E-state index contributed by atoms with van der Waals surface area (Å²) in [5, 5.41) is 33.9. The molecule has 2 aromatic heterocycles. The third-order valence-electron chi connectivity index (χ3n) is 3.44. The zero-order valence-electron chi connectivity index (χ0n) is 11.4. The Kier molecular flexibility index (Phi) is 4.07. The number of aliphatic hydroxyl groups is 3. The molecule has 1 aliphatic rings. The summed E-state index contributed by atoms with van der Waals surface area (Å²) in [7, 11) is 1.45. The van der Waals surface area contributed by atoms with Gasteiger partial charge in [-0.25, -0.2) is 4.68 Å². The predicted molar refractivity (Wildman–Crippen MR) is 82.0 cm³/mol. The highest BCUT2D eigenvalue weighted by Crippen LogP contribution is 2.34. The van der Waals surface area contributed by atoms with E-state index in [1.54, 1.807) is 0 Å². The Labute approximate surface area is 138 Å². The van der Waals surface area contributed by atoms with Crippen molar-refractivity contribution in [3.63, 3.8) is 0 Å². The van der Waals surface area contributed by atoms with E-state index >= 15 is 0 Å². The van der Waals surface area contributed by atoms with Crippen molar-refractivity contribution in [1.82, 2.24) is 19.7 Å². The van der Waals surface area contributed by atoms with Gasteiger partial charge in [0.05, 0.1) is 13.7 Å². The minimum atomic E-state index is -1.27. The average Bonchev–Trinajstić information content (AvgIpc) is 2.97. The number of rotatable bonds is 3. The van der Waals surface area contributed by atoms with Gasteiger partial charge in [-0.15, -0.1) is 0 Å². The number of aromatic nitrogens is 4. The van der Waals surface area contributed by atoms with Crippen LogP contribution in [0.15, 0.2) is 0 Å². The van der Waals surface area contributed by atoms with Crippen LogP contribution in [0, 0.1) is 3.70 Å². The number of fused-ring (bicyclic) bond motifs is 1. The molecule has 0 saturated carbocycles. The maximum atomic E-state index is 10.1. The molecule has 1 fully saturated rings. The summed E-state index contributed by atoms with van der Waals surface area (Å²) < 4.78 is 12.5. The Morgan fingerprint density at radius 3 is 2.68 bits per heavy atom. The highest BCUT2D eigenvalue weighted by Gasteiger charge is 2.44. The van der Waals surface area contributed by atoms with E-state index in [9.17, 15) is 15.3 Å². The van der Waals surface area contributed by atoms with Crippen molar-refractivity contribution < 1.29 is 24.8 Å². The van der Waals surface area contributed by atoms with Crippen molar-refractivity contribution in [2.24, 2.45) is 0 Å². The largest absolute Gasteiger partial charge is 0.480 e. The molecule has 1 saturated heterocycles. The summed E-state index contributed by atoms with van der Waals surface area (Å²) in [5.74, 6) is 0.235. The molecule has 120 valence electrons. The van der Waals surface area contributed by atoms with Gasteiger partial charge in [0.1, 0.15) is 27.4 Å². The lowest BCUT2D eigenvalue weighted by Crippen LogP contribution is -2.33. The van der Waals surface area contributed by atoms with Crippen LogP contribution in [0.5, 0.6) is 5.88 Å². The Morgan fingerprint density at radius 2 is 2.09 bits per heavy atom. The maximum absolute atomic E-state index is 10.1. The molecule has 0 bridgehead atoms. The molecule has 10 nitrogen and oxygen atoms in total. The third kappa shape index (κ3) is 2.28. The first-order valence-corrected chi connectivity index (χ1v) is 7.43. The predicted octanol–water partition coefficient (Wildman–Crippen LogP) is -1.37. The third-order valence-corrected chi connectivity index (χ3v) is 4.20. The summed E-state index contributed by atoms with van der Waals surface area (Å²) in [5.41, 5.74) is 5.96. The average molecular weight is 423 g/mol. The summed E-state index contributed by atoms with van der Waals surface area (Å²) in [6.45, 7) is -0.425. The van der Waals surface area contributed by atoms with Gasteiger partial charge < -0.3 is 30.5 Å². The van der Waals surface area contributed by atoms with Crippen LogP contribution in [0.2, 0.25) is 0 Å². The SMILES string of the molecule is COc1nc(N)nc2c1c(I)nn2C1OC(CO)C(O)C1O. The fraction of sp³-hybridized carbons (Fsp3) is 0.545. The Morgan fingerprint density at radius 1 is 1.36 bits per heavy atom. The number of ether oxygens (including phenoxy) is 2.